The van der Waals surface area contributed by atoms with Crippen LogP contribution >= 0.6 is 0 Å². The molecule has 0 aliphatic rings. The molecule has 3 nitrogen and oxygen atoms in total. The minimum absolute atomic E-state index is 0.111. The molecular weight excluding hydrogens is 258 g/mol. The quantitative estimate of drug-likeness (QED) is 0.512. The molecule has 0 bridgehead atoms. The van der Waals surface area contributed by atoms with Crippen molar-refractivity contribution in [3.05, 3.63) is 24.0 Å². The number of hydrogen-bond acceptors (Lipinski definition) is 3. The molecule has 0 saturated carbocycles. The Bertz CT molecular complexity index is 385. The molecule has 112 valence electrons. The average Bonchev–Trinajstić information content (AvgIpc) is 2.41. The standard InChI is InChI=1S/C15H24BFO3/c1-2-3-4-5-6-7-8-9-20-15-11-13(16(18)19)10-14(17)12-15/h10-12,18-19H,2-9H2,1H3. The second kappa shape index (κ2) is 9.78. The lowest BCUT2D eigenvalue weighted by Crippen LogP contribution is -2.30. The average molecular weight is 282 g/mol. The van der Waals surface area contributed by atoms with Gasteiger partial charge in [-0.15, -0.1) is 0 Å². The summed E-state index contributed by atoms with van der Waals surface area (Å²) in [6.45, 7) is 2.72. The maximum Gasteiger partial charge on any atom is 0.488 e. The molecule has 1 aromatic rings. The van der Waals surface area contributed by atoms with Gasteiger partial charge in [-0.1, -0.05) is 45.4 Å². The van der Waals surface area contributed by atoms with Crippen LogP contribution in [0.3, 0.4) is 0 Å². The highest BCUT2D eigenvalue weighted by molar-refractivity contribution is 6.58. The molecule has 5 heteroatoms. The lowest BCUT2D eigenvalue weighted by atomic mass is 9.80. The Hall–Kier alpha value is -1.07. The summed E-state index contributed by atoms with van der Waals surface area (Å²) in [5.41, 5.74) is 0.111. The molecule has 0 radical (unpaired) electrons. The maximum absolute atomic E-state index is 13.2. The molecule has 0 aliphatic heterocycles. The molecule has 0 saturated heterocycles. The molecule has 20 heavy (non-hydrogen) atoms. The van der Waals surface area contributed by atoms with Gasteiger partial charge >= 0.3 is 7.12 Å². The minimum atomic E-state index is -1.67. The number of rotatable bonds is 10. The number of ether oxygens (including phenoxy) is 1. The topological polar surface area (TPSA) is 49.7 Å². The van der Waals surface area contributed by atoms with Crippen molar-refractivity contribution in [2.45, 2.75) is 51.9 Å². The summed E-state index contributed by atoms with van der Waals surface area (Å²) >= 11 is 0. The first-order valence-corrected chi connectivity index (χ1v) is 7.43. The van der Waals surface area contributed by atoms with Gasteiger partial charge in [0.1, 0.15) is 11.6 Å². The second-order valence-electron chi connectivity index (χ2n) is 5.06. The SMILES string of the molecule is CCCCCCCCCOc1cc(F)cc(B(O)O)c1. The van der Waals surface area contributed by atoms with Crippen LogP contribution in [0, 0.1) is 5.82 Å². The predicted octanol–water partition coefficient (Wildman–Crippen LogP) is 2.63. The fraction of sp³-hybridized carbons (Fsp3) is 0.600. The van der Waals surface area contributed by atoms with Crippen LogP contribution in [0.4, 0.5) is 4.39 Å². The first kappa shape index (κ1) is 17.0. The predicted molar refractivity (Wildman–Crippen MR) is 79.7 cm³/mol. The largest absolute Gasteiger partial charge is 0.494 e. The number of benzene rings is 1. The van der Waals surface area contributed by atoms with Crippen molar-refractivity contribution < 1.29 is 19.2 Å². The fourth-order valence-corrected chi connectivity index (χ4v) is 2.07. The van der Waals surface area contributed by atoms with Gasteiger partial charge in [-0.3, -0.25) is 0 Å². The van der Waals surface area contributed by atoms with Gasteiger partial charge in [-0.25, -0.2) is 4.39 Å². The zero-order valence-electron chi connectivity index (χ0n) is 12.1. The Kier molecular flexibility index (Phi) is 8.31. The van der Waals surface area contributed by atoms with Crippen LogP contribution in [0.15, 0.2) is 18.2 Å². The summed E-state index contributed by atoms with van der Waals surface area (Å²) in [6.07, 6.45) is 8.34. The molecule has 0 atom stereocenters. The Labute approximate surface area is 120 Å². The van der Waals surface area contributed by atoms with Gasteiger partial charge in [-0.2, -0.15) is 0 Å². The highest BCUT2D eigenvalue weighted by Gasteiger charge is 2.13. The summed E-state index contributed by atoms with van der Waals surface area (Å²) in [4.78, 5) is 0. The molecular formula is C15H24BFO3. The first-order chi connectivity index (χ1) is 9.63. The Morgan fingerprint density at radius 3 is 2.30 bits per heavy atom. The second-order valence-corrected chi connectivity index (χ2v) is 5.06. The van der Waals surface area contributed by atoms with Crippen LogP contribution < -0.4 is 10.2 Å². The van der Waals surface area contributed by atoms with E-state index < -0.39 is 12.9 Å². The molecule has 1 rings (SSSR count). The summed E-state index contributed by atoms with van der Waals surface area (Å²) in [6, 6.07) is 3.80. The molecule has 0 spiro atoms. The third-order valence-corrected chi connectivity index (χ3v) is 3.21. The number of hydrogen-bond donors (Lipinski definition) is 2. The van der Waals surface area contributed by atoms with E-state index in [1.807, 2.05) is 0 Å². The maximum atomic E-state index is 13.2. The van der Waals surface area contributed by atoms with E-state index in [4.69, 9.17) is 14.8 Å². The molecule has 0 amide bonds. The van der Waals surface area contributed by atoms with Crippen molar-refractivity contribution >= 4 is 12.6 Å². The van der Waals surface area contributed by atoms with E-state index in [0.29, 0.717) is 12.4 Å². The third-order valence-electron chi connectivity index (χ3n) is 3.21. The summed E-state index contributed by atoms with van der Waals surface area (Å²) in [5.74, 6) is -0.177. The van der Waals surface area contributed by atoms with E-state index in [9.17, 15) is 4.39 Å². The van der Waals surface area contributed by atoms with Crippen molar-refractivity contribution in [3.63, 3.8) is 0 Å². The molecule has 0 unspecified atom stereocenters. The number of halogens is 1. The molecule has 0 heterocycles. The van der Waals surface area contributed by atoms with Crippen LogP contribution in [0.1, 0.15) is 51.9 Å². The molecule has 0 aliphatic carbocycles. The van der Waals surface area contributed by atoms with Crippen molar-refractivity contribution in [1.82, 2.24) is 0 Å². The van der Waals surface area contributed by atoms with Crippen LogP contribution in [-0.4, -0.2) is 23.8 Å². The Balaban J connectivity index is 2.21. The molecule has 0 fully saturated rings. The fourth-order valence-electron chi connectivity index (χ4n) is 2.07. The van der Waals surface area contributed by atoms with Crippen molar-refractivity contribution in [1.29, 1.82) is 0 Å². The Morgan fingerprint density at radius 2 is 1.65 bits per heavy atom. The van der Waals surface area contributed by atoms with Gasteiger partial charge in [-0.05, 0) is 24.0 Å². The highest BCUT2D eigenvalue weighted by atomic mass is 19.1. The van der Waals surface area contributed by atoms with Gasteiger partial charge in [0, 0.05) is 6.07 Å². The highest BCUT2D eigenvalue weighted by Crippen LogP contribution is 2.12. The summed E-state index contributed by atoms with van der Waals surface area (Å²) in [7, 11) is -1.67. The molecule has 0 aromatic heterocycles. The van der Waals surface area contributed by atoms with E-state index in [-0.39, 0.29) is 5.46 Å². The van der Waals surface area contributed by atoms with E-state index in [1.54, 1.807) is 0 Å². The van der Waals surface area contributed by atoms with Crippen molar-refractivity contribution in [3.8, 4) is 5.75 Å². The zero-order valence-corrected chi connectivity index (χ0v) is 12.1. The molecule has 2 N–H and O–H groups in total. The minimum Gasteiger partial charge on any atom is -0.494 e. The smallest absolute Gasteiger partial charge is 0.488 e. The van der Waals surface area contributed by atoms with E-state index in [2.05, 4.69) is 6.92 Å². The number of unbranched alkanes of at least 4 members (excludes halogenated alkanes) is 6. The van der Waals surface area contributed by atoms with Crippen LogP contribution in [0.5, 0.6) is 5.75 Å². The van der Waals surface area contributed by atoms with E-state index >= 15 is 0 Å². The van der Waals surface area contributed by atoms with Crippen LogP contribution in [0.25, 0.3) is 0 Å². The monoisotopic (exact) mass is 282 g/mol. The van der Waals surface area contributed by atoms with Crippen molar-refractivity contribution in [2.75, 3.05) is 6.61 Å². The van der Waals surface area contributed by atoms with E-state index in [1.165, 1.54) is 44.2 Å². The van der Waals surface area contributed by atoms with E-state index in [0.717, 1.165) is 18.9 Å². The first-order valence-electron chi connectivity index (χ1n) is 7.43. The summed E-state index contributed by atoms with van der Waals surface area (Å²) in [5, 5.41) is 18.0. The van der Waals surface area contributed by atoms with Crippen molar-refractivity contribution in [2.24, 2.45) is 0 Å². The van der Waals surface area contributed by atoms with Gasteiger partial charge < -0.3 is 14.8 Å². The van der Waals surface area contributed by atoms with Crippen LogP contribution in [0.2, 0.25) is 0 Å². The van der Waals surface area contributed by atoms with Gasteiger partial charge in [0.2, 0.25) is 0 Å². The van der Waals surface area contributed by atoms with Crippen LogP contribution in [-0.2, 0) is 0 Å². The third kappa shape index (κ3) is 6.92. The zero-order chi connectivity index (χ0) is 14.8. The Morgan fingerprint density at radius 1 is 1.00 bits per heavy atom. The van der Waals surface area contributed by atoms with Gasteiger partial charge in [0.05, 0.1) is 6.61 Å². The normalized spacial score (nSPS) is 10.6. The van der Waals surface area contributed by atoms with Gasteiger partial charge in [0.25, 0.3) is 0 Å². The lowest BCUT2D eigenvalue weighted by Gasteiger charge is -2.08. The lowest BCUT2D eigenvalue weighted by molar-refractivity contribution is 0.303. The molecule has 1 aromatic carbocycles. The summed E-state index contributed by atoms with van der Waals surface area (Å²) < 4.78 is 18.7. The van der Waals surface area contributed by atoms with Gasteiger partial charge in [0.15, 0.2) is 0 Å².